The number of unbranched alkanes of at least 4 members (excludes halogenated alkanes) is 1. The Bertz CT molecular complexity index is 95.5. The predicted octanol–water partition coefficient (Wildman–Crippen LogP) is 5.09. The van der Waals surface area contributed by atoms with Gasteiger partial charge in [-0.05, 0) is 12.3 Å². The fraction of sp³-hybridized carbons (Fsp3) is 0.929. The van der Waals surface area contributed by atoms with Crippen LogP contribution in [0.5, 0.6) is 0 Å². The van der Waals surface area contributed by atoms with Crippen molar-refractivity contribution in [3.05, 3.63) is 0 Å². The van der Waals surface area contributed by atoms with Gasteiger partial charge in [0.1, 0.15) is 6.29 Å². The third kappa shape index (κ3) is 41.8. The second-order valence-corrected chi connectivity index (χ2v) is 4.32. The molecule has 1 heteroatoms. The molecule has 0 heterocycles. The van der Waals surface area contributed by atoms with E-state index in [2.05, 4.69) is 34.6 Å². The molecule has 0 saturated heterocycles. The molecule has 0 radical (unpaired) electrons. The average molecular weight is 216 g/mol. The maximum absolute atomic E-state index is 9.74. The van der Waals surface area contributed by atoms with Crippen LogP contribution in [0.15, 0.2) is 0 Å². The zero-order chi connectivity index (χ0) is 12.7. The van der Waals surface area contributed by atoms with Gasteiger partial charge < -0.3 is 4.79 Å². The number of hydrogen-bond acceptors (Lipinski definition) is 1. The summed E-state index contributed by atoms with van der Waals surface area (Å²) in [5.74, 6) is 1.14. The van der Waals surface area contributed by atoms with Crippen molar-refractivity contribution in [1.29, 1.82) is 0 Å². The molecule has 0 amide bonds. The van der Waals surface area contributed by atoms with Crippen LogP contribution < -0.4 is 0 Å². The topological polar surface area (TPSA) is 17.1 Å². The standard InChI is InChI=1S/C5H10O.C5H12.C4H10/c1-3-5(2)4-6;1-4-5(2)3;1-3-4-2/h4-5H,3H2,1-2H3;5H,4H2,1-3H3;3-4H2,1-2H3. The van der Waals surface area contributed by atoms with E-state index in [1.54, 1.807) is 0 Å². The minimum atomic E-state index is 0.255. The molecule has 0 aliphatic rings. The van der Waals surface area contributed by atoms with E-state index in [1.165, 1.54) is 19.3 Å². The summed E-state index contributed by atoms with van der Waals surface area (Å²) in [6.07, 6.45) is 5.88. The molecule has 1 nitrogen and oxygen atoms in total. The van der Waals surface area contributed by atoms with E-state index in [0.717, 1.165) is 18.6 Å². The predicted molar refractivity (Wildman–Crippen MR) is 71.2 cm³/mol. The van der Waals surface area contributed by atoms with E-state index in [0.29, 0.717) is 0 Å². The quantitative estimate of drug-likeness (QED) is 0.598. The molecular formula is C14H32O. The molecule has 0 aliphatic heterocycles. The van der Waals surface area contributed by atoms with Gasteiger partial charge in [0.2, 0.25) is 0 Å². The summed E-state index contributed by atoms with van der Waals surface area (Å²) in [7, 11) is 0. The molecule has 0 aromatic rings. The zero-order valence-corrected chi connectivity index (χ0v) is 12.0. The summed E-state index contributed by atoms with van der Waals surface area (Å²) in [6, 6.07) is 0. The molecule has 0 saturated carbocycles. The lowest BCUT2D eigenvalue weighted by atomic mass is 10.2. The van der Waals surface area contributed by atoms with Gasteiger partial charge in [0, 0.05) is 5.92 Å². The Balaban J connectivity index is -0.000000147. The molecule has 1 atom stereocenters. The van der Waals surface area contributed by atoms with Gasteiger partial charge in [0.15, 0.2) is 0 Å². The number of rotatable bonds is 4. The molecule has 15 heavy (non-hydrogen) atoms. The second kappa shape index (κ2) is 19.3. The number of aldehydes is 1. The van der Waals surface area contributed by atoms with Crippen LogP contribution in [0, 0.1) is 11.8 Å². The average Bonchev–Trinajstić information content (AvgIpc) is 2.28. The molecular weight excluding hydrogens is 184 g/mol. The van der Waals surface area contributed by atoms with Crippen LogP contribution in [0.3, 0.4) is 0 Å². The highest BCUT2D eigenvalue weighted by atomic mass is 16.1. The van der Waals surface area contributed by atoms with Crippen molar-refractivity contribution in [2.24, 2.45) is 11.8 Å². The Morgan fingerprint density at radius 2 is 1.20 bits per heavy atom. The monoisotopic (exact) mass is 216 g/mol. The van der Waals surface area contributed by atoms with Crippen LogP contribution in [-0.2, 0) is 4.79 Å². The van der Waals surface area contributed by atoms with Gasteiger partial charge in [-0.2, -0.15) is 0 Å². The molecule has 0 spiro atoms. The van der Waals surface area contributed by atoms with Crippen LogP contribution >= 0.6 is 0 Å². The summed E-state index contributed by atoms with van der Waals surface area (Å²) in [5.41, 5.74) is 0. The highest BCUT2D eigenvalue weighted by molar-refractivity contribution is 5.52. The number of carbonyl (C=O) groups excluding carboxylic acids is 1. The second-order valence-electron chi connectivity index (χ2n) is 4.32. The van der Waals surface area contributed by atoms with Gasteiger partial charge in [0.25, 0.3) is 0 Å². The molecule has 1 unspecified atom stereocenters. The molecule has 0 bridgehead atoms. The van der Waals surface area contributed by atoms with Crippen molar-refractivity contribution >= 4 is 6.29 Å². The fourth-order valence-corrected chi connectivity index (χ4v) is 0.0962. The highest BCUT2D eigenvalue weighted by Gasteiger charge is 1.89. The van der Waals surface area contributed by atoms with Crippen molar-refractivity contribution < 1.29 is 4.79 Å². The lowest BCUT2D eigenvalue weighted by molar-refractivity contribution is -0.110. The smallest absolute Gasteiger partial charge is 0.122 e. The van der Waals surface area contributed by atoms with E-state index in [9.17, 15) is 4.79 Å². The minimum Gasteiger partial charge on any atom is -0.303 e. The van der Waals surface area contributed by atoms with Gasteiger partial charge >= 0.3 is 0 Å². The van der Waals surface area contributed by atoms with Crippen molar-refractivity contribution in [3.8, 4) is 0 Å². The zero-order valence-electron chi connectivity index (χ0n) is 12.0. The molecule has 0 aliphatic carbocycles. The Labute approximate surface area is 97.7 Å². The van der Waals surface area contributed by atoms with Gasteiger partial charge in [-0.25, -0.2) is 0 Å². The van der Waals surface area contributed by atoms with E-state index in [4.69, 9.17) is 0 Å². The number of carbonyl (C=O) groups is 1. The summed E-state index contributed by atoms with van der Waals surface area (Å²) in [5, 5.41) is 0. The Hall–Kier alpha value is -0.330. The summed E-state index contributed by atoms with van der Waals surface area (Å²) in [4.78, 5) is 9.74. The Morgan fingerprint density at radius 1 is 0.867 bits per heavy atom. The molecule has 0 rings (SSSR count). The molecule has 0 N–H and O–H groups in total. The van der Waals surface area contributed by atoms with Crippen LogP contribution in [0.1, 0.15) is 74.1 Å². The van der Waals surface area contributed by atoms with Crippen LogP contribution in [-0.4, -0.2) is 6.29 Å². The first-order valence-corrected chi connectivity index (χ1v) is 6.45. The van der Waals surface area contributed by atoms with Crippen molar-refractivity contribution in [2.45, 2.75) is 74.1 Å². The molecule has 0 aromatic heterocycles. The maximum atomic E-state index is 9.74. The summed E-state index contributed by atoms with van der Waals surface area (Å²) >= 11 is 0. The van der Waals surface area contributed by atoms with E-state index in [1.807, 2.05) is 13.8 Å². The molecule has 0 aromatic carbocycles. The van der Waals surface area contributed by atoms with E-state index >= 15 is 0 Å². The van der Waals surface area contributed by atoms with Gasteiger partial charge in [0.05, 0.1) is 0 Å². The van der Waals surface area contributed by atoms with Crippen molar-refractivity contribution in [2.75, 3.05) is 0 Å². The maximum Gasteiger partial charge on any atom is 0.122 e. The van der Waals surface area contributed by atoms with E-state index < -0.39 is 0 Å². The largest absolute Gasteiger partial charge is 0.303 e. The van der Waals surface area contributed by atoms with Crippen LogP contribution in [0.4, 0.5) is 0 Å². The third-order valence-corrected chi connectivity index (χ3v) is 2.19. The third-order valence-electron chi connectivity index (χ3n) is 2.19. The van der Waals surface area contributed by atoms with Crippen molar-refractivity contribution in [3.63, 3.8) is 0 Å². The molecule has 0 fully saturated rings. The first kappa shape index (κ1) is 20.1. The Morgan fingerprint density at radius 3 is 1.20 bits per heavy atom. The first-order valence-electron chi connectivity index (χ1n) is 6.45. The van der Waals surface area contributed by atoms with Gasteiger partial charge in [-0.3, -0.25) is 0 Å². The molecule has 94 valence electrons. The fourth-order valence-electron chi connectivity index (χ4n) is 0.0962. The SMILES string of the molecule is CCC(C)C.CCC(C)C=O.CCCC. The lowest BCUT2D eigenvalue weighted by Gasteiger charge is -1.90. The highest BCUT2D eigenvalue weighted by Crippen LogP contribution is 1.94. The Kier molecular flexibility index (Phi) is 25.9. The normalized spacial score (nSPS) is 10.7. The number of hydrogen-bond donors (Lipinski definition) is 0. The minimum absolute atomic E-state index is 0.255. The van der Waals surface area contributed by atoms with Crippen molar-refractivity contribution in [1.82, 2.24) is 0 Å². The van der Waals surface area contributed by atoms with Crippen LogP contribution in [0.25, 0.3) is 0 Å². The van der Waals surface area contributed by atoms with Crippen LogP contribution in [0.2, 0.25) is 0 Å². The van der Waals surface area contributed by atoms with Gasteiger partial charge in [-0.1, -0.05) is 67.7 Å². The first-order chi connectivity index (χ1) is 6.99. The van der Waals surface area contributed by atoms with E-state index in [-0.39, 0.29) is 5.92 Å². The summed E-state index contributed by atoms with van der Waals surface area (Å²) < 4.78 is 0. The lowest BCUT2D eigenvalue weighted by Crippen LogP contribution is -1.89. The van der Waals surface area contributed by atoms with Gasteiger partial charge in [-0.15, -0.1) is 0 Å². The summed E-state index contributed by atoms with van der Waals surface area (Å²) in [6.45, 7) is 14.9.